The van der Waals surface area contributed by atoms with Crippen LogP contribution in [0.5, 0.6) is 5.75 Å². The van der Waals surface area contributed by atoms with Crippen LogP contribution >= 0.6 is 23.2 Å². The van der Waals surface area contributed by atoms with Crippen molar-refractivity contribution in [3.05, 3.63) is 24.3 Å². The van der Waals surface area contributed by atoms with Gasteiger partial charge in [0.15, 0.2) is 0 Å². The van der Waals surface area contributed by atoms with Crippen LogP contribution in [0.25, 0.3) is 0 Å². The van der Waals surface area contributed by atoms with Crippen molar-refractivity contribution in [3.8, 4) is 5.75 Å². The number of ether oxygens (including phenoxy) is 1. The highest BCUT2D eigenvalue weighted by Gasteiger charge is 2.40. The van der Waals surface area contributed by atoms with E-state index in [-0.39, 0.29) is 11.4 Å². The average molecular weight is 268 g/mol. The molecule has 1 aromatic rings. The molecule has 1 aromatic carbocycles. The van der Waals surface area contributed by atoms with Crippen LogP contribution in [0.15, 0.2) is 29.3 Å². The maximum atomic E-state index is 12.9. The Kier molecular flexibility index (Phi) is 4.24. The highest BCUT2D eigenvalue weighted by molar-refractivity contribution is 6.44. The molecule has 0 aliphatic rings. The summed E-state index contributed by atoms with van der Waals surface area (Å²) in [5.41, 5.74) is 0.277. The van der Waals surface area contributed by atoms with Gasteiger partial charge < -0.3 is 4.74 Å². The molecule has 0 aromatic heterocycles. The Morgan fingerprint density at radius 2 is 1.88 bits per heavy atom. The van der Waals surface area contributed by atoms with E-state index in [4.69, 9.17) is 23.2 Å². The van der Waals surface area contributed by atoms with Gasteiger partial charge in [-0.2, -0.15) is 13.8 Å². The fourth-order valence-corrected chi connectivity index (χ4v) is 0.932. The van der Waals surface area contributed by atoms with Gasteiger partial charge in [-0.05, 0) is 24.3 Å². The third-order valence-electron chi connectivity index (χ3n) is 1.52. The van der Waals surface area contributed by atoms with E-state index < -0.39 is 10.9 Å². The summed E-state index contributed by atoms with van der Waals surface area (Å²) in [5.74, 6) is -0.138. The standard InChI is InChI=1S/C9H5Cl2F2NO2/c10-8(11)9(12,13)16-7-3-1-6(2-4-7)14-5-15/h1-4,8H. The second-order valence-electron chi connectivity index (χ2n) is 2.66. The second-order valence-corrected chi connectivity index (χ2v) is 3.76. The first kappa shape index (κ1) is 12.9. The quantitative estimate of drug-likeness (QED) is 0.476. The fourth-order valence-electron chi connectivity index (χ4n) is 0.843. The molecule has 86 valence electrons. The summed E-state index contributed by atoms with van der Waals surface area (Å²) in [4.78, 5) is 11.2. The third kappa shape index (κ3) is 3.45. The van der Waals surface area contributed by atoms with Gasteiger partial charge in [-0.3, -0.25) is 0 Å². The van der Waals surface area contributed by atoms with Gasteiger partial charge in [0.2, 0.25) is 10.9 Å². The Labute approximate surface area is 99.6 Å². The number of alkyl halides is 4. The van der Waals surface area contributed by atoms with E-state index in [0.29, 0.717) is 0 Å². The molecule has 1 rings (SSSR count). The largest absolute Gasteiger partial charge is 0.431 e. The summed E-state index contributed by atoms with van der Waals surface area (Å²) < 4.78 is 30.1. The molecule has 0 heterocycles. The lowest BCUT2D eigenvalue weighted by molar-refractivity contribution is -0.163. The number of rotatable bonds is 4. The van der Waals surface area contributed by atoms with Crippen LogP contribution in [0.4, 0.5) is 14.5 Å². The first-order valence-corrected chi connectivity index (χ1v) is 4.86. The van der Waals surface area contributed by atoms with Crippen LogP contribution < -0.4 is 4.74 Å². The van der Waals surface area contributed by atoms with Gasteiger partial charge in [-0.15, -0.1) is 0 Å². The molecule has 0 spiro atoms. The Hall–Kier alpha value is -1.16. The molecule has 3 nitrogen and oxygen atoms in total. The summed E-state index contributed by atoms with van der Waals surface area (Å²) in [6, 6.07) is 5.04. The van der Waals surface area contributed by atoms with Crippen LogP contribution in [0.3, 0.4) is 0 Å². The highest BCUT2D eigenvalue weighted by atomic mass is 35.5. The summed E-state index contributed by atoms with van der Waals surface area (Å²) in [6.45, 7) is 0. The number of isocyanates is 1. The van der Waals surface area contributed by atoms with Gasteiger partial charge in [-0.1, -0.05) is 23.2 Å². The molecule has 0 atom stereocenters. The van der Waals surface area contributed by atoms with E-state index >= 15 is 0 Å². The van der Waals surface area contributed by atoms with Crippen LogP contribution in [-0.4, -0.2) is 17.0 Å². The number of aliphatic imine (C=N–C) groups is 1. The number of halogens is 4. The Morgan fingerprint density at radius 1 is 1.31 bits per heavy atom. The molecule has 0 saturated carbocycles. The van der Waals surface area contributed by atoms with Gasteiger partial charge in [-0.25, -0.2) is 4.79 Å². The monoisotopic (exact) mass is 267 g/mol. The van der Waals surface area contributed by atoms with Gasteiger partial charge in [0.25, 0.3) is 0 Å². The first-order valence-electron chi connectivity index (χ1n) is 3.98. The number of hydrogen-bond donors (Lipinski definition) is 0. The smallest absolute Gasteiger partial charge is 0.428 e. The molecule has 0 aliphatic carbocycles. The molecule has 0 radical (unpaired) electrons. The molecular formula is C9H5Cl2F2NO2. The summed E-state index contributed by atoms with van der Waals surface area (Å²) in [7, 11) is 0. The molecule has 0 aliphatic heterocycles. The molecule has 7 heteroatoms. The lowest BCUT2D eigenvalue weighted by Gasteiger charge is -2.18. The highest BCUT2D eigenvalue weighted by Crippen LogP contribution is 2.30. The third-order valence-corrected chi connectivity index (χ3v) is 2.03. The Bertz CT molecular complexity index is 402. The SMILES string of the molecule is O=C=Nc1ccc(OC(F)(F)C(Cl)Cl)cc1. The van der Waals surface area contributed by atoms with Crippen molar-refractivity contribution in [3.63, 3.8) is 0 Å². The maximum Gasteiger partial charge on any atom is 0.428 e. The summed E-state index contributed by atoms with van der Waals surface area (Å²) >= 11 is 10.0. The van der Waals surface area contributed by atoms with E-state index in [1.165, 1.54) is 30.3 Å². The van der Waals surface area contributed by atoms with Gasteiger partial charge in [0.05, 0.1) is 5.69 Å². The average Bonchev–Trinajstić information content (AvgIpc) is 2.21. The second kappa shape index (κ2) is 5.25. The predicted octanol–water partition coefficient (Wildman–Crippen LogP) is 3.43. The normalized spacial score (nSPS) is 11.1. The van der Waals surface area contributed by atoms with Crippen molar-refractivity contribution in [2.75, 3.05) is 0 Å². The fraction of sp³-hybridized carbons (Fsp3) is 0.222. The molecule has 0 saturated heterocycles. The van der Waals surface area contributed by atoms with Gasteiger partial charge in [0, 0.05) is 0 Å². The van der Waals surface area contributed by atoms with Crippen molar-refractivity contribution >= 4 is 35.0 Å². The zero-order valence-electron chi connectivity index (χ0n) is 7.66. The Balaban J connectivity index is 2.79. The topological polar surface area (TPSA) is 38.7 Å². The lowest BCUT2D eigenvalue weighted by atomic mass is 10.3. The van der Waals surface area contributed by atoms with Crippen LogP contribution in [0, 0.1) is 0 Å². The van der Waals surface area contributed by atoms with Crippen molar-refractivity contribution in [2.24, 2.45) is 4.99 Å². The zero-order chi connectivity index (χ0) is 12.2. The first-order chi connectivity index (χ1) is 7.45. The summed E-state index contributed by atoms with van der Waals surface area (Å²) in [5, 5.41) is 0. The summed E-state index contributed by atoms with van der Waals surface area (Å²) in [6.07, 6.45) is -2.37. The van der Waals surface area contributed by atoms with Gasteiger partial charge in [0.1, 0.15) is 5.75 Å². The molecule has 0 unspecified atom stereocenters. The van der Waals surface area contributed by atoms with Crippen molar-refractivity contribution in [2.45, 2.75) is 10.9 Å². The number of hydrogen-bond acceptors (Lipinski definition) is 3. The molecule has 0 fully saturated rings. The van der Waals surface area contributed by atoms with Gasteiger partial charge >= 0.3 is 6.11 Å². The van der Waals surface area contributed by atoms with Crippen LogP contribution in [0.2, 0.25) is 0 Å². The molecular weight excluding hydrogens is 263 g/mol. The van der Waals surface area contributed by atoms with Crippen molar-refractivity contribution in [1.82, 2.24) is 0 Å². The predicted molar refractivity (Wildman–Crippen MR) is 55.3 cm³/mol. The van der Waals surface area contributed by atoms with Crippen LogP contribution in [0.1, 0.15) is 0 Å². The molecule has 16 heavy (non-hydrogen) atoms. The van der Waals surface area contributed by atoms with E-state index in [0.717, 1.165) is 0 Å². The van der Waals surface area contributed by atoms with Crippen molar-refractivity contribution in [1.29, 1.82) is 0 Å². The van der Waals surface area contributed by atoms with Crippen molar-refractivity contribution < 1.29 is 18.3 Å². The van der Waals surface area contributed by atoms with E-state index in [1.54, 1.807) is 0 Å². The number of benzene rings is 1. The minimum absolute atomic E-state index is 0.138. The van der Waals surface area contributed by atoms with E-state index in [1.807, 2.05) is 0 Å². The number of nitrogens with zero attached hydrogens (tertiary/aromatic N) is 1. The molecule has 0 amide bonds. The number of carbonyl (C=O) groups excluding carboxylic acids is 1. The lowest BCUT2D eigenvalue weighted by Crippen LogP contribution is -2.32. The van der Waals surface area contributed by atoms with Crippen LogP contribution in [-0.2, 0) is 4.79 Å². The minimum Gasteiger partial charge on any atom is -0.431 e. The van der Waals surface area contributed by atoms with E-state index in [2.05, 4.69) is 9.73 Å². The zero-order valence-corrected chi connectivity index (χ0v) is 9.17. The van der Waals surface area contributed by atoms with E-state index in [9.17, 15) is 13.6 Å². The molecule has 0 bridgehead atoms. The molecule has 0 N–H and O–H groups in total. The Morgan fingerprint density at radius 3 is 2.31 bits per heavy atom. The minimum atomic E-state index is -3.68. The maximum absolute atomic E-state index is 12.9.